The van der Waals surface area contributed by atoms with Crippen LogP contribution in [0.1, 0.15) is 10.4 Å². The molecular formula is C12H10N2O3S. The summed E-state index contributed by atoms with van der Waals surface area (Å²) in [7, 11) is 0. The van der Waals surface area contributed by atoms with Gasteiger partial charge in [-0.2, -0.15) is 0 Å². The maximum absolute atomic E-state index is 11.5. The van der Waals surface area contributed by atoms with E-state index in [1.54, 1.807) is 0 Å². The first-order valence-corrected chi connectivity index (χ1v) is 6.04. The molecule has 2 N–H and O–H groups in total. The molecule has 0 saturated carbocycles. The highest BCUT2D eigenvalue weighted by molar-refractivity contribution is 7.10. The average Bonchev–Trinajstić information content (AvgIpc) is 2.77. The van der Waals surface area contributed by atoms with Gasteiger partial charge in [0.15, 0.2) is 0 Å². The molecule has 0 unspecified atom stereocenters. The molecule has 2 rings (SSSR count). The minimum atomic E-state index is -0.447. The molecule has 6 heteroatoms. The molecule has 2 heterocycles. The lowest BCUT2D eigenvalue weighted by Crippen LogP contribution is -2.28. The number of H-pyrrole nitrogens is 1. The summed E-state index contributed by atoms with van der Waals surface area (Å²) in [6.07, 6.45) is 1.45. The number of aliphatic hydroxyl groups excluding tert-OH is 1. The van der Waals surface area contributed by atoms with E-state index in [4.69, 9.17) is 5.11 Å². The van der Waals surface area contributed by atoms with Gasteiger partial charge in [-0.25, -0.2) is 4.79 Å². The van der Waals surface area contributed by atoms with Crippen LogP contribution in [0.2, 0.25) is 0 Å². The Bertz CT molecular complexity index is 715. The fourth-order valence-corrected chi connectivity index (χ4v) is 2.26. The molecule has 0 amide bonds. The van der Waals surface area contributed by atoms with Crippen molar-refractivity contribution in [3.63, 3.8) is 0 Å². The number of nitrogens with zero attached hydrogens (tertiary/aromatic N) is 1. The van der Waals surface area contributed by atoms with Crippen molar-refractivity contribution in [1.29, 1.82) is 0 Å². The number of aromatic nitrogens is 2. The molecule has 2 aromatic rings. The molecular weight excluding hydrogens is 252 g/mol. The Hall–Kier alpha value is -2.10. The van der Waals surface area contributed by atoms with Crippen molar-refractivity contribution in [3.8, 4) is 11.8 Å². The van der Waals surface area contributed by atoms with Gasteiger partial charge in [0.1, 0.15) is 6.61 Å². The quantitative estimate of drug-likeness (QED) is 0.747. The highest BCUT2D eigenvalue weighted by Gasteiger charge is 2.04. The average molecular weight is 262 g/mol. The van der Waals surface area contributed by atoms with Crippen LogP contribution < -0.4 is 11.2 Å². The molecule has 0 aromatic carbocycles. The van der Waals surface area contributed by atoms with Crippen LogP contribution in [-0.4, -0.2) is 21.3 Å². The van der Waals surface area contributed by atoms with Crippen LogP contribution >= 0.6 is 11.3 Å². The second kappa shape index (κ2) is 5.49. The maximum Gasteiger partial charge on any atom is 0.328 e. The fourth-order valence-electron chi connectivity index (χ4n) is 1.43. The van der Waals surface area contributed by atoms with Gasteiger partial charge in [0.05, 0.1) is 6.54 Å². The maximum atomic E-state index is 11.5. The van der Waals surface area contributed by atoms with E-state index < -0.39 is 11.2 Å². The topological polar surface area (TPSA) is 75.1 Å². The lowest BCUT2D eigenvalue weighted by Gasteiger charge is -2.02. The first-order chi connectivity index (χ1) is 8.70. The van der Waals surface area contributed by atoms with Gasteiger partial charge in [-0.15, -0.1) is 11.3 Å². The third-order valence-corrected chi connectivity index (χ3v) is 3.16. The van der Waals surface area contributed by atoms with Crippen LogP contribution in [0.4, 0.5) is 0 Å². The summed E-state index contributed by atoms with van der Waals surface area (Å²) in [5.74, 6) is 5.38. The Labute approximate surface area is 106 Å². The lowest BCUT2D eigenvalue weighted by atomic mass is 10.2. The SMILES string of the molecule is O=c1ccn(Cc2sccc2C#CCO)c(=O)[nH]1. The van der Waals surface area contributed by atoms with Gasteiger partial charge < -0.3 is 5.11 Å². The molecule has 92 valence electrons. The Balaban J connectivity index is 2.32. The molecule has 0 spiro atoms. The zero-order valence-electron chi connectivity index (χ0n) is 9.34. The zero-order chi connectivity index (χ0) is 13.0. The number of hydrogen-bond acceptors (Lipinski definition) is 4. The van der Waals surface area contributed by atoms with Crippen LogP contribution in [0.5, 0.6) is 0 Å². The van der Waals surface area contributed by atoms with E-state index in [-0.39, 0.29) is 6.61 Å². The van der Waals surface area contributed by atoms with Crippen molar-refractivity contribution in [2.75, 3.05) is 6.61 Å². The monoisotopic (exact) mass is 262 g/mol. The van der Waals surface area contributed by atoms with Gasteiger partial charge in [-0.05, 0) is 11.4 Å². The third kappa shape index (κ3) is 2.77. The van der Waals surface area contributed by atoms with E-state index in [0.717, 1.165) is 10.4 Å². The molecule has 0 bridgehead atoms. The second-order valence-electron chi connectivity index (χ2n) is 3.46. The molecule has 18 heavy (non-hydrogen) atoms. The summed E-state index contributed by atoms with van der Waals surface area (Å²) in [6.45, 7) is 0.149. The van der Waals surface area contributed by atoms with Gasteiger partial charge >= 0.3 is 5.69 Å². The largest absolute Gasteiger partial charge is 0.384 e. The van der Waals surface area contributed by atoms with Crippen molar-refractivity contribution >= 4 is 11.3 Å². The zero-order valence-corrected chi connectivity index (χ0v) is 10.2. The summed E-state index contributed by atoms with van der Waals surface area (Å²) >= 11 is 1.47. The van der Waals surface area contributed by atoms with Crippen LogP contribution in [0.25, 0.3) is 0 Å². The Morgan fingerprint density at radius 1 is 1.39 bits per heavy atom. The second-order valence-corrected chi connectivity index (χ2v) is 4.46. The van der Waals surface area contributed by atoms with Gasteiger partial charge in [0, 0.05) is 22.7 Å². The standard InChI is InChI=1S/C12H10N2O3S/c15-6-1-2-9-4-7-18-10(9)8-14-5-3-11(16)13-12(14)17/h3-5,7,15H,6,8H2,(H,13,16,17). The summed E-state index contributed by atoms with van der Waals surface area (Å²) in [5, 5.41) is 10.5. The van der Waals surface area contributed by atoms with Gasteiger partial charge in [-0.1, -0.05) is 11.8 Å². The molecule has 2 aromatic heterocycles. The van der Waals surface area contributed by atoms with Crippen molar-refractivity contribution in [2.45, 2.75) is 6.54 Å². The fraction of sp³-hybridized carbons (Fsp3) is 0.167. The first kappa shape index (κ1) is 12.4. The minimum absolute atomic E-state index is 0.201. The van der Waals surface area contributed by atoms with E-state index in [1.165, 1.54) is 28.2 Å². The molecule has 0 saturated heterocycles. The van der Waals surface area contributed by atoms with E-state index in [9.17, 15) is 9.59 Å². The smallest absolute Gasteiger partial charge is 0.328 e. The summed E-state index contributed by atoms with van der Waals surface area (Å²) in [4.78, 5) is 25.6. The van der Waals surface area contributed by atoms with Crippen LogP contribution in [0.15, 0.2) is 33.3 Å². The van der Waals surface area contributed by atoms with Gasteiger partial charge in [-0.3, -0.25) is 14.3 Å². The molecule has 5 nitrogen and oxygen atoms in total. The number of rotatable bonds is 2. The number of hydrogen-bond donors (Lipinski definition) is 2. The highest BCUT2D eigenvalue weighted by Crippen LogP contribution is 2.16. The third-order valence-electron chi connectivity index (χ3n) is 2.26. The number of aliphatic hydroxyl groups is 1. The molecule has 0 atom stereocenters. The normalized spacial score (nSPS) is 9.83. The Morgan fingerprint density at radius 3 is 2.94 bits per heavy atom. The van der Waals surface area contributed by atoms with Gasteiger partial charge in [0.2, 0.25) is 0 Å². The summed E-state index contributed by atoms with van der Waals surface area (Å²) < 4.78 is 1.40. The van der Waals surface area contributed by atoms with Gasteiger partial charge in [0.25, 0.3) is 5.56 Å². The van der Waals surface area contributed by atoms with Crippen molar-refractivity contribution in [2.24, 2.45) is 0 Å². The molecule has 0 aliphatic rings. The Kier molecular flexibility index (Phi) is 3.77. The Morgan fingerprint density at radius 2 is 2.22 bits per heavy atom. The van der Waals surface area contributed by atoms with Crippen LogP contribution in [0, 0.1) is 11.8 Å². The van der Waals surface area contributed by atoms with Crippen LogP contribution in [-0.2, 0) is 6.54 Å². The number of thiophene rings is 1. The predicted octanol–water partition coefficient (Wildman–Crippen LogP) is -0.00980. The van der Waals surface area contributed by atoms with Crippen molar-refractivity contribution in [3.05, 3.63) is 55.0 Å². The molecule has 0 aliphatic carbocycles. The summed E-state index contributed by atoms with van der Waals surface area (Å²) in [6, 6.07) is 3.13. The molecule has 0 radical (unpaired) electrons. The van der Waals surface area contributed by atoms with Crippen molar-refractivity contribution < 1.29 is 5.11 Å². The van der Waals surface area contributed by atoms with E-state index in [1.807, 2.05) is 11.4 Å². The van der Waals surface area contributed by atoms with E-state index in [2.05, 4.69) is 16.8 Å². The number of aromatic amines is 1. The van der Waals surface area contributed by atoms with Crippen LogP contribution in [0.3, 0.4) is 0 Å². The van der Waals surface area contributed by atoms with E-state index >= 15 is 0 Å². The van der Waals surface area contributed by atoms with E-state index in [0.29, 0.717) is 6.54 Å². The predicted molar refractivity (Wildman–Crippen MR) is 68.7 cm³/mol. The minimum Gasteiger partial charge on any atom is -0.384 e. The van der Waals surface area contributed by atoms with Crippen molar-refractivity contribution in [1.82, 2.24) is 9.55 Å². The lowest BCUT2D eigenvalue weighted by molar-refractivity contribution is 0.350. The molecule has 0 aliphatic heterocycles. The summed E-state index contributed by atoms with van der Waals surface area (Å²) in [5.41, 5.74) is -0.0770. The molecule has 0 fully saturated rings. The number of nitrogens with one attached hydrogen (secondary N) is 1. The first-order valence-electron chi connectivity index (χ1n) is 5.16. The highest BCUT2D eigenvalue weighted by atomic mass is 32.1.